The Kier molecular flexibility index (Phi) is 17.8. The van der Waals surface area contributed by atoms with Crippen molar-refractivity contribution in [2.45, 2.75) is 103 Å². The molecule has 2 atom stereocenters. The molecule has 0 fully saturated rings. The van der Waals surface area contributed by atoms with Crippen molar-refractivity contribution in [3.8, 4) is 23.0 Å². The van der Waals surface area contributed by atoms with Crippen LogP contribution < -0.4 is 9.47 Å². The second-order valence-corrected chi connectivity index (χ2v) is 17.1. The first-order chi connectivity index (χ1) is 32.9. The number of unbranched alkanes of at least 4 members (excludes halogenated alkanes) is 2. The maximum atomic E-state index is 14.1. The fourth-order valence-electron chi connectivity index (χ4n) is 8.59. The molecule has 1 unspecified atom stereocenters. The average molecular weight is 927 g/mol. The number of hydrogen-bond donors (Lipinski definition) is 2. The predicted molar refractivity (Wildman–Crippen MR) is 258 cm³/mol. The number of ether oxygens (including phenoxy) is 6. The van der Waals surface area contributed by atoms with Gasteiger partial charge >= 0.3 is 23.9 Å². The van der Waals surface area contributed by atoms with Crippen LogP contribution in [0.2, 0.25) is 0 Å². The first kappa shape index (κ1) is 50.3. The van der Waals surface area contributed by atoms with Gasteiger partial charge in [0.15, 0.2) is 13.2 Å². The van der Waals surface area contributed by atoms with Crippen molar-refractivity contribution in [1.82, 2.24) is 0 Å². The highest BCUT2D eigenvalue weighted by Gasteiger charge is 2.43. The van der Waals surface area contributed by atoms with Crippen LogP contribution in [0.3, 0.4) is 0 Å². The predicted octanol–water partition coefficient (Wildman–Crippen LogP) is 8.97. The Balaban J connectivity index is 1.67. The molecule has 6 rings (SSSR count). The number of rotatable bonds is 16. The molecule has 0 spiro atoms. The summed E-state index contributed by atoms with van der Waals surface area (Å²) in [4.78, 5) is 55.9. The summed E-state index contributed by atoms with van der Waals surface area (Å²) in [5.41, 5.74) is 8.08. The summed E-state index contributed by atoms with van der Waals surface area (Å²) in [5.74, 6) is -3.84. The minimum absolute atomic E-state index is 0.0238. The van der Waals surface area contributed by atoms with E-state index in [9.17, 15) is 29.4 Å². The van der Waals surface area contributed by atoms with Gasteiger partial charge in [-0.15, -0.1) is 26.3 Å². The Bertz CT molecular complexity index is 2280. The van der Waals surface area contributed by atoms with Gasteiger partial charge in [-0.1, -0.05) is 99.5 Å². The summed E-state index contributed by atoms with van der Waals surface area (Å²) in [5, 5.41) is 24.6. The standard InChI is InChI=1S/C56H62O12/c1-7-13-19-63-55(61)53-54(56(62)64-20-14-8-2)68-48(58)34-66-52-45-27-38(18-12-6)28-46(52)32-42-24-36(16-10-4)22-40(50(42)60)30-44-26-37(17-11-5)25-43(51(44)65-33-47(57)67-53)29-39-21-35(15-9-3)23-41(31-45)49(39)59/h9-12,21-28,53-54,59-60H,3-8,13-20,29-34H2,1-2H3/t53-,54?/m1/s1. The van der Waals surface area contributed by atoms with Gasteiger partial charge < -0.3 is 38.6 Å². The van der Waals surface area contributed by atoms with Crippen LogP contribution in [-0.2, 0) is 89.5 Å². The lowest BCUT2D eigenvalue weighted by Gasteiger charge is -2.25. The lowest BCUT2D eigenvalue weighted by Crippen LogP contribution is -2.48. The molecule has 68 heavy (non-hydrogen) atoms. The summed E-state index contributed by atoms with van der Waals surface area (Å²) in [6.07, 6.45) is 7.64. The number of phenolic OH excluding ortho intramolecular Hbond substituents is 2. The number of esters is 4. The Hall–Kier alpha value is -7.08. The van der Waals surface area contributed by atoms with E-state index in [0.717, 1.165) is 22.3 Å². The van der Waals surface area contributed by atoms with Crippen LogP contribution >= 0.6 is 0 Å². The van der Waals surface area contributed by atoms with Crippen molar-refractivity contribution in [1.29, 1.82) is 0 Å². The third-order valence-corrected chi connectivity index (χ3v) is 11.7. The summed E-state index contributed by atoms with van der Waals surface area (Å²) in [6.45, 7) is 18.0. The van der Waals surface area contributed by atoms with Crippen LogP contribution in [0.1, 0.15) is 106 Å². The number of carbonyl (C=O) groups excluding carboxylic acids is 4. The van der Waals surface area contributed by atoms with Crippen LogP contribution in [0, 0.1) is 0 Å². The zero-order valence-corrected chi connectivity index (χ0v) is 39.2. The fourth-order valence-corrected chi connectivity index (χ4v) is 8.59. The molecule has 1 aliphatic carbocycles. The van der Waals surface area contributed by atoms with E-state index in [4.69, 9.17) is 28.4 Å². The summed E-state index contributed by atoms with van der Waals surface area (Å²) < 4.78 is 35.4. The number of benzene rings is 4. The van der Waals surface area contributed by atoms with Crippen LogP contribution in [0.5, 0.6) is 23.0 Å². The molecule has 0 aromatic heterocycles. The summed E-state index contributed by atoms with van der Waals surface area (Å²) >= 11 is 0. The molecule has 0 amide bonds. The molecule has 1 heterocycles. The van der Waals surface area contributed by atoms with Crippen molar-refractivity contribution in [3.05, 3.63) is 166 Å². The van der Waals surface area contributed by atoms with E-state index in [1.54, 1.807) is 24.3 Å². The van der Waals surface area contributed by atoms with E-state index >= 15 is 0 Å². The zero-order chi connectivity index (χ0) is 48.7. The van der Waals surface area contributed by atoms with Gasteiger partial charge in [0.05, 0.1) is 13.2 Å². The maximum Gasteiger partial charge on any atom is 0.352 e. The molecule has 12 heteroatoms. The minimum Gasteiger partial charge on any atom is -0.507 e. The normalized spacial score (nSPS) is 15.9. The first-order valence-corrected chi connectivity index (χ1v) is 23.3. The number of allylic oxidation sites excluding steroid dienone is 4. The van der Waals surface area contributed by atoms with Gasteiger partial charge in [-0.05, 0) is 105 Å². The number of aromatic hydroxyl groups is 2. The molecule has 4 aromatic rings. The molecule has 1 aliphatic heterocycles. The smallest absolute Gasteiger partial charge is 0.352 e. The highest BCUT2D eigenvalue weighted by molar-refractivity contribution is 5.89. The highest BCUT2D eigenvalue weighted by atomic mass is 16.7. The van der Waals surface area contributed by atoms with Crippen LogP contribution in [0.25, 0.3) is 0 Å². The topological polar surface area (TPSA) is 164 Å². The zero-order valence-electron chi connectivity index (χ0n) is 39.2. The molecule has 12 nitrogen and oxygen atoms in total. The fraction of sp³-hybridized carbons (Fsp3) is 0.357. The molecule has 358 valence electrons. The van der Waals surface area contributed by atoms with E-state index in [1.165, 1.54) is 0 Å². The molecule has 0 radical (unpaired) electrons. The second-order valence-electron chi connectivity index (χ2n) is 17.1. The monoisotopic (exact) mass is 926 g/mol. The second kappa shape index (κ2) is 24.1. The number of fused-ring (bicyclic) bond motifs is 2. The SMILES string of the molecule is C=CCc1cc2c(O)c(c1)Cc1cc(CC=C)cc3c1OCC(=O)O[C@@H](C(=O)OCCCC)C(C(=O)OCCCC)OC(=O)COc1c(cc(CC=C)cc1Cc1cc(CC=C)cc(c1O)C3)C2. The van der Waals surface area contributed by atoms with Gasteiger partial charge in [-0.3, -0.25) is 0 Å². The number of phenols is 2. The van der Waals surface area contributed by atoms with E-state index in [2.05, 4.69) is 26.3 Å². The Labute approximate surface area is 398 Å². The van der Waals surface area contributed by atoms with Crippen molar-refractivity contribution in [2.24, 2.45) is 0 Å². The van der Waals surface area contributed by atoms with Gasteiger partial charge in [0.1, 0.15) is 23.0 Å². The van der Waals surface area contributed by atoms with Gasteiger partial charge in [-0.2, -0.15) is 0 Å². The lowest BCUT2D eigenvalue weighted by molar-refractivity contribution is -0.193. The van der Waals surface area contributed by atoms with Gasteiger partial charge in [0, 0.05) is 25.7 Å². The Morgan fingerprint density at radius 2 is 0.809 bits per heavy atom. The van der Waals surface area contributed by atoms with Crippen LogP contribution in [0.4, 0.5) is 0 Å². The van der Waals surface area contributed by atoms with E-state index in [0.29, 0.717) is 95.9 Å². The molecular weight excluding hydrogens is 865 g/mol. The number of hydrogen-bond acceptors (Lipinski definition) is 12. The largest absolute Gasteiger partial charge is 0.507 e. The maximum absolute atomic E-state index is 14.1. The quantitative estimate of drug-likeness (QED) is 0.0419. The van der Waals surface area contributed by atoms with E-state index < -0.39 is 49.3 Å². The van der Waals surface area contributed by atoms with Gasteiger partial charge in [0.2, 0.25) is 12.2 Å². The summed E-state index contributed by atoms with van der Waals surface area (Å²) in [7, 11) is 0. The molecule has 2 N–H and O–H groups in total. The van der Waals surface area contributed by atoms with E-state index in [-0.39, 0.29) is 61.9 Å². The minimum atomic E-state index is -2.08. The molecule has 0 saturated heterocycles. The van der Waals surface area contributed by atoms with Crippen molar-refractivity contribution >= 4 is 23.9 Å². The van der Waals surface area contributed by atoms with Crippen LogP contribution in [0.15, 0.2) is 99.2 Å². The molecular formula is C56H62O12. The molecule has 0 saturated carbocycles. The number of carbonyl (C=O) groups is 4. The van der Waals surface area contributed by atoms with E-state index in [1.807, 2.05) is 62.4 Å². The number of cyclic esters (lactones) is 2. The third-order valence-electron chi connectivity index (χ3n) is 11.7. The van der Waals surface area contributed by atoms with Crippen LogP contribution in [-0.4, -0.2) is 72.7 Å². The Morgan fingerprint density at radius 3 is 1.07 bits per heavy atom. The molecule has 2 aliphatic rings. The Morgan fingerprint density at radius 1 is 0.529 bits per heavy atom. The van der Waals surface area contributed by atoms with Gasteiger partial charge in [0.25, 0.3) is 0 Å². The lowest BCUT2D eigenvalue weighted by atomic mass is 9.87. The van der Waals surface area contributed by atoms with Crippen molar-refractivity contribution < 1.29 is 57.8 Å². The summed E-state index contributed by atoms with van der Waals surface area (Å²) in [6, 6.07) is 15.3. The molecule has 10 bridgehead atoms. The van der Waals surface area contributed by atoms with Crippen molar-refractivity contribution in [3.63, 3.8) is 0 Å². The average Bonchev–Trinajstić information content (AvgIpc) is 3.30. The molecule has 4 aromatic carbocycles. The third kappa shape index (κ3) is 12.7. The first-order valence-electron chi connectivity index (χ1n) is 23.3. The highest BCUT2D eigenvalue weighted by Crippen LogP contribution is 2.40. The van der Waals surface area contributed by atoms with Gasteiger partial charge in [-0.25, -0.2) is 19.2 Å². The van der Waals surface area contributed by atoms with Crippen molar-refractivity contribution in [2.75, 3.05) is 26.4 Å².